The molecule has 1 aromatic carbocycles. The Bertz CT molecular complexity index is 325. The van der Waals surface area contributed by atoms with E-state index in [1.807, 2.05) is 0 Å². The monoisotopic (exact) mass is 214 g/mol. The minimum atomic E-state index is -0.504. The van der Waals surface area contributed by atoms with Gasteiger partial charge in [-0.15, -0.1) is 6.58 Å². The first kappa shape index (κ1) is 11.2. The SMILES string of the molecule is C=CCC(O)Cc1ccc(F)cc1Cl. The average Bonchev–Trinajstić information content (AvgIpc) is 2.10. The maximum atomic E-state index is 12.7. The van der Waals surface area contributed by atoms with Crippen LogP contribution in [-0.4, -0.2) is 11.2 Å². The van der Waals surface area contributed by atoms with Crippen LogP contribution in [0.15, 0.2) is 30.9 Å². The predicted molar refractivity (Wildman–Crippen MR) is 55.9 cm³/mol. The van der Waals surface area contributed by atoms with Gasteiger partial charge < -0.3 is 5.11 Å². The standard InChI is InChI=1S/C11H12ClFO/c1-2-3-10(14)6-8-4-5-9(13)7-11(8)12/h2,4-5,7,10,14H,1,3,6H2. The first-order chi connectivity index (χ1) is 6.63. The van der Waals surface area contributed by atoms with Crippen molar-refractivity contribution in [1.82, 2.24) is 0 Å². The van der Waals surface area contributed by atoms with E-state index < -0.39 is 6.10 Å². The molecule has 0 fully saturated rings. The Morgan fingerprint density at radius 1 is 1.57 bits per heavy atom. The molecule has 0 bridgehead atoms. The first-order valence-corrected chi connectivity index (χ1v) is 4.74. The summed E-state index contributed by atoms with van der Waals surface area (Å²) in [5, 5.41) is 9.83. The molecule has 1 N–H and O–H groups in total. The Labute approximate surface area is 87.8 Å². The summed E-state index contributed by atoms with van der Waals surface area (Å²) in [7, 11) is 0. The van der Waals surface area contributed by atoms with Crippen molar-refractivity contribution < 1.29 is 9.50 Å². The van der Waals surface area contributed by atoms with Crippen LogP contribution in [0.1, 0.15) is 12.0 Å². The number of aliphatic hydroxyl groups is 1. The fourth-order valence-corrected chi connectivity index (χ4v) is 1.46. The minimum absolute atomic E-state index is 0.355. The molecule has 0 spiro atoms. The summed E-state index contributed by atoms with van der Waals surface area (Å²) in [5.41, 5.74) is 0.752. The van der Waals surface area contributed by atoms with Gasteiger partial charge in [0.2, 0.25) is 0 Å². The Kier molecular flexibility index (Phi) is 4.11. The Balaban J connectivity index is 2.71. The molecule has 1 rings (SSSR count). The average molecular weight is 215 g/mol. The fourth-order valence-electron chi connectivity index (χ4n) is 1.22. The smallest absolute Gasteiger partial charge is 0.124 e. The molecular formula is C11H12ClFO. The van der Waals surface area contributed by atoms with Gasteiger partial charge in [-0.3, -0.25) is 0 Å². The van der Waals surface area contributed by atoms with Crippen LogP contribution < -0.4 is 0 Å². The molecule has 1 aromatic rings. The van der Waals surface area contributed by atoms with Crippen LogP contribution in [0.3, 0.4) is 0 Å². The third-order valence-corrected chi connectivity index (χ3v) is 2.26. The summed E-state index contributed by atoms with van der Waals surface area (Å²) < 4.78 is 12.7. The Hall–Kier alpha value is -0.860. The third kappa shape index (κ3) is 3.13. The van der Waals surface area contributed by atoms with Crippen molar-refractivity contribution in [1.29, 1.82) is 0 Å². The summed E-state index contributed by atoms with van der Waals surface area (Å²) in [6.45, 7) is 3.53. The lowest BCUT2D eigenvalue weighted by molar-refractivity contribution is 0.178. The van der Waals surface area contributed by atoms with E-state index in [4.69, 9.17) is 11.6 Å². The van der Waals surface area contributed by atoms with Gasteiger partial charge in [0.1, 0.15) is 5.82 Å². The second-order valence-electron chi connectivity index (χ2n) is 3.12. The highest BCUT2D eigenvalue weighted by molar-refractivity contribution is 6.31. The van der Waals surface area contributed by atoms with Gasteiger partial charge in [-0.25, -0.2) is 4.39 Å². The lowest BCUT2D eigenvalue weighted by Crippen LogP contribution is -2.09. The maximum absolute atomic E-state index is 12.7. The molecule has 0 aliphatic heterocycles. The quantitative estimate of drug-likeness (QED) is 0.765. The van der Waals surface area contributed by atoms with Gasteiger partial charge in [0.15, 0.2) is 0 Å². The molecule has 1 unspecified atom stereocenters. The molecule has 1 nitrogen and oxygen atoms in total. The van der Waals surface area contributed by atoms with Crippen LogP contribution >= 0.6 is 11.6 Å². The fraction of sp³-hybridized carbons (Fsp3) is 0.273. The molecular weight excluding hydrogens is 203 g/mol. The van der Waals surface area contributed by atoms with Crippen LogP contribution in [0.25, 0.3) is 0 Å². The van der Waals surface area contributed by atoms with E-state index in [9.17, 15) is 9.50 Å². The summed E-state index contributed by atoms with van der Waals surface area (Å²) in [5.74, 6) is -0.364. The van der Waals surface area contributed by atoms with Gasteiger partial charge in [-0.2, -0.15) is 0 Å². The topological polar surface area (TPSA) is 20.2 Å². The molecule has 0 amide bonds. The number of hydrogen-bond donors (Lipinski definition) is 1. The summed E-state index contributed by atoms with van der Waals surface area (Å²) in [6.07, 6.45) is 2.07. The largest absolute Gasteiger partial charge is 0.392 e. The van der Waals surface area contributed by atoms with Crippen molar-refractivity contribution in [2.24, 2.45) is 0 Å². The molecule has 0 aliphatic rings. The first-order valence-electron chi connectivity index (χ1n) is 4.36. The molecule has 0 saturated heterocycles. The molecule has 14 heavy (non-hydrogen) atoms. The van der Waals surface area contributed by atoms with E-state index in [0.717, 1.165) is 5.56 Å². The van der Waals surface area contributed by atoms with Crippen molar-refractivity contribution in [2.45, 2.75) is 18.9 Å². The van der Waals surface area contributed by atoms with Crippen LogP contribution in [0.5, 0.6) is 0 Å². The van der Waals surface area contributed by atoms with E-state index in [1.54, 1.807) is 12.1 Å². The van der Waals surface area contributed by atoms with E-state index in [1.165, 1.54) is 12.1 Å². The van der Waals surface area contributed by atoms with Crippen molar-refractivity contribution >= 4 is 11.6 Å². The zero-order valence-corrected chi connectivity index (χ0v) is 8.47. The molecule has 76 valence electrons. The van der Waals surface area contributed by atoms with Crippen molar-refractivity contribution in [3.8, 4) is 0 Å². The number of hydrogen-bond acceptors (Lipinski definition) is 1. The molecule has 1 atom stereocenters. The Morgan fingerprint density at radius 2 is 2.29 bits per heavy atom. The summed E-state index contributed by atoms with van der Waals surface area (Å²) in [6, 6.07) is 4.17. The molecule has 0 saturated carbocycles. The van der Waals surface area contributed by atoms with E-state index in [0.29, 0.717) is 17.9 Å². The zero-order chi connectivity index (χ0) is 10.6. The highest BCUT2D eigenvalue weighted by atomic mass is 35.5. The predicted octanol–water partition coefficient (Wildman–Crippen LogP) is 2.96. The highest BCUT2D eigenvalue weighted by Crippen LogP contribution is 2.19. The van der Waals surface area contributed by atoms with Gasteiger partial charge in [0.25, 0.3) is 0 Å². The van der Waals surface area contributed by atoms with Crippen LogP contribution in [0, 0.1) is 5.82 Å². The van der Waals surface area contributed by atoms with Crippen molar-refractivity contribution in [3.63, 3.8) is 0 Å². The van der Waals surface area contributed by atoms with Gasteiger partial charge in [-0.1, -0.05) is 23.7 Å². The highest BCUT2D eigenvalue weighted by Gasteiger charge is 2.07. The summed E-state index contributed by atoms with van der Waals surface area (Å²) in [4.78, 5) is 0. The number of aliphatic hydroxyl groups excluding tert-OH is 1. The third-order valence-electron chi connectivity index (χ3n) is 1.91. The van der Waals surface area contributed by atoms with Crippen LogP contribution in [0.2, 0.25) is 5.02 Å². The van der Waals surface area contributed by atoms with E-state index in [-0.39, 0.29) is 5.82 Å². The molecule has 0 aliphatic carbocycles. The summed E-state index contributed by atoms with van der Waals surface area (Å²) >= 11 is 5.80. The lowest BCUT2D eigenvalue weighted by atomic mass is 10.1. The second kappa shape index (κ2) is 5.13. The van der Waals surface area contributed by atoms with Crippen molar-refractivity contribution in [2.75, 3.05) is 0 Å². The van der Waals surface area contributed by atoms with Crippen molar-refractivity contribution in [3.05, 3.63) is 47.3 Å². The zero-order valence-electron chi connectivity index (χ0n) is 7.71. The van der Waals surface area contributed by atoms with Crippen LogP contribution in [0.4, 0.5) is 4.39 Å². The van der Waals surface area contributed by atoms with Gasteiger partial charge in [0.05, 0.1) is 6.10 Å². The van der Waals surface area contributed by atoms with Gasteiger partial charge in [-0.05, 0) is 24.1 Å². The van der Waals surface area contributed by atoms with Gasteiger partial charge >= 0.3 is 0 Å². The van der Waals surface area contributed by atoms with E-state index >= 15 is 0 Å². The molecule has 3 heteroatoms. The van der Waals surface area contributed by atoms with E-state index in [2.05, 4.69) is 6.58 Å². The van der Waals surface area contributed by atoms with Crippen LogP contribution in [-0.2, 0) is 6.42 Å². The lowest BCUT2D eigenvalue weighted by Gasteiger charge is -2.09. The van der Waals surface area contributed by atoms with Gasteiger partial charge in [0, 0.05) is 11.4 Å². The maximum Gasteiger partial charge on any atom is 0.124 e. The normalized spacial score (nSPS) is 12.5. The molecule has 0 aromatic heterocycles. The Morgan fingerprint density at radius 3 is 2.86 bits per heavy atom. The minimum Gasteiger partial charge on any atom is -0.392 e. The second-order valence-corrected chi connectivity index (χ2v) is 3.53. The molecule has 0 radical (unpaired) electrons. The molecule has 0 heterocycles. The number of benzene rings is 1. The number of halogens is 2. The number of rotatable bonds is 4.